The van der Waals surface area contributed by atoms with Gasteiger partial charge in [-0.25, -0.2) is 0 Å². The standard InChI is InChI=1S/C9H12N4O/c1-8-6-14-5-4-13(8)9(2-3-10)12-7-11/h8H,2,4-6H2,1H3/b12-9+. The highest BCUT2D eigenvalue weighted by Gasteiger charge is 2.21. The summed E-state index contributed by atoms with van der Waals surface area (Å²) in [6.07, 6.45) is 1.90. The lowest BCUT2D eigenvalue weighted by atomic mass is 10.2. The van der Waals surface area contributed by atoms with Crippen molar-refractivity contribution in [2.24, 2.45) is 4.99 Å². The molecular formula is C9H12N4O. The minimum Gasteiger partial charge on any atom is -0.377 e. The molecule has 0 aromatic carbocycles. The molecule has 1 atom stereocenters. The highest BCUT2D eigenvalue weighted by Crippen LogP contribution is 2.08. The lowest BCUT2D eigenvalue weighted by molar-refractivity contribution is 0.0326. The van der Waals surface area contributed by atoms with E-state index >= 15 is 0 Å². The topological polar surface area (TPSA) is 72.4 Å². The number of rotatable bonds is 1. The molecule has 1 aliphatic heterocycles. The second-order valence-electron chi connectivity index (χ2n) is 3.08. The second kappa shape index (κ2) is 5.21. The van der Waals surface area contributed by atoms with Crippen LogP contribution in [0.25, 0.3) is 0 Å². The van der Waals surface area contributed by atoms with Crippen LogP contribution in [-0.4, -0.2) is 36.5 Å². The van der Waals surface area contributed by atoms with Crippen LogP contribution in [0.15, 0.2) is 4.99 Å². The van der Waals surface area contributed by atoms with E-state index in [4.69, 9.17) is 15.3 Å². The Labute approximate surface area is 83.2 Å². The first-order chi connectivity index (χ1) is 6.79. The minimum absolute atomic E-state index is 0.178. The van der Waals surface area contributed by atoms with Crippen molar-refractivity contribution >= 4 is 5.84 Å². The van der Waals surface area contributed by atoms with Gasteiger partial charge in [0.1, 0.15) is 5.84 Å². The van der Waals surface area contributed by atoms with Crippen molar-refractivity contribution in [2.45, 2.75) is 19.4 Å². The van der Waals surface area contributed by atoms with Gasteiger partial charge in [-0.2, -0.15) is 15.5 Å². The van der Waals surface area contributed by atoms with Gasteiger partial charge in [0.15, 0.2) is 0 Å². The second-order valence-corrected chi connectivity index (χ2v) is 3.08. The number of aliphatic imine (C=N–C) groups is 1. The maximum atomic E-state index is 8.58. The Kier molecular flexibility index (Phi) is 3.90. The number of nitriles is 2. The van der Waals surface area contributed by atoms with Crippen LogP contribution in [0.2, 0.25) is 0 Å². The first-order valence-corrected chi connectivity index (χ1v) is 4.46. The van der Waals surface area contributed by atoms with Gasteiger partial charge < -0.3 is 9.64 Å². The number of ether oxygens (including phenoxy) is 1. The number of hydrogen-bond acceptors (Lipinski definition) is 4. The predicted octanol–water partition coefficient (Wildman–Crippen LogP) is 0.500. The quantitative estimate of drug-likeness (QED) is 0.344. The summed E-state index contributed by atoms with van der Waals surface area (Å²) in [5.74, 6) is 0.547. The number of amidine groups is 1. The van der Waals surface area contributed by atoms with Crippen LogP contribution in [-0.2, 0) is 4.74 Å². The van der Waals surface area contributed by atoms with E-state index in [-0.39, 0.29) is 12.5 Å². The van der Waals surface area contributed by atoms with E-state index in [1.54, 1.807) is 6.19 Å². The summed E-state index contributed by atoms with van der Waals surface area (Å²) in [5.41, 5.74) is 0. The summed E-state index contributed by atoms with van der Waals surface area (Å²) in [6.45, 7) is 3.93. The van der Waals surface area contributed by atoms with Crippen molar-refractivity contribution in [3.8, 4) is 12.3 Å². The molecule has 0 aromatic rings. The molecule has 1 aliphatic rings. The Balaban J connectivity index is 2.72. The van der Waals surface area contributed by atoms with E-state index in [1.807, 2.05) is 17.9 Å². The van der Waals surface area contributed by atoms with Crippen LogP contribution < -0.4 is 0 Å². The molecule has 0 amide bonds. The summed E-state index contributed by atoms with van der Waals surface area (Å²) in [4.78, 5) is 5.61. The summed E-state index contributed by atoms with van der Waals surface area (Å²) in [7, 11) is 0. The minimum atomic E-state index is 0.178. The van der Waals surface area contributed by atoms with Gasteiger partial charge >= 0.3 is 0 Å². The van der Waals surface area contributed by atoms with Gasteiger partial charge in [-0.15, -0.1) is 0 Å². The average Bonchev–Trinajstić information content (AvgIpc) is 2.18. The van der Waals surface area contributed by atoms with E-state index in [0.29, 0.717) is 25.6 Å². The van der Waals surface area contributed by atoms with Crippen molar-refractivity contribution in [1.29, 1.82) is 10.5 Å². The van der Waals surface area contributed by atoms with Crippen LogP contribution in [0.3, 0.4) is 0 Å². The fraction of sp³-hybridized carbons (Fsp3) is 0.667. The van der Waals surface area contributed by atoms with E-state index in [1.165, 1.54) is 0 Å². The first-order valence-electron chi connectivity index (χ1n) is 4.46. The van der Waals surface area contributed by atoms with Crippen LogP contribution >= 0.6 is 0 Å². The van der Waals surface area contributed by atoms with Crippen LogP contribution in [0, 0.1) is 22.8 Å². The predicted molar refractivity (Wildman–Crippen MR) is 50.3 cm³/mol. The smallest absolute Gasteiger partial charge is 0.207 e. The SMILES string of the molecule is CC1COCCN1/C(CC#N)=N/C#N. The number of hydrogen-bond donors (Lipinski definition) is 0. The molecule has 0 N–H and O–H groups in total. The van der Waals surface area contributed by atoms with E-state index in [0.717, 1.165) is 0 Å². The first kappa shape index (κ1) is 10.5. The van der Waals surface area contributed by atoms with Gasteiger partial charge in [-0.1, -0.05) is 0 Å². The molecule has 14 heavy (non-hydrogen) atoms. The molecule has 5 heteroatoms. The number of nitrogens with zero attached hydrogens (tertiary/aromatic N) is 4. The Morgan fingerprint density at radius 1 is 1.64 bits per heavy atom. The molecule has 0 aromatic heterocycles. The molecule has 74 valence electrons. The van der Waals surface area contributed by atoms with Crippen LogP contribution in [0.5, 0.6) is 0 Å². The van der Waals surface area contributed by atoms with Gasteiger partial charge in [0.2, 0.25) is 6.19 Å². The molecule has 1 saturated heterocycles. The molecule has 0 radical (unpaired) electrons. The third-order valence-electron chi connectivity index (χ3n) is 2.12. The van der Waals surface area contributed by atoms with Gasteiger partial charge in [0.05, 0.1) is 31.7 Å². The molecule has 5 nitrogen and oxygen atoms in total. The molecular weight excluding hydrogens is 180 g/mol. The van der Waals surface area contributed by atoms with Crippen molar-refractivity contribution in [3.63, 3.8) is 0 Å². The molecule has 0 bridgehead atoms. The fourth-order valence-electron chi connectivity index (χ4n) is 1.44. The Hall–Kier alpha value is -1.59. The molecule has 1 heterocycles. The molecule has 1 rings (SSSR count). The molecule has 0 aliphatic carbocycles. The fourth-order valence-corrected chi connectivity index (χ4v) is 1.44. The monoisotopic (exact) mass is 192 g/mol. The summed E-state index contributed by atoms with van der Waals surface area (Å²) < 4.78 is 5.26. The van der Waals surface area contributed by atoms with Gasteiger partial charge in [-0.3, -0.25) is 0 Å². The van der Waals surface area contributed by atoms with Crippen molar-refractivity contribution in [2.75, 3.05) is 19.8 Å². The highest BCUT2D eigenvalue weighted by molar-refractivity contribution is 5.85. The third kappa shape index (κ3) is 2.45. The summed E-state index contributed by atoms with van der Waals surface area (Å²) >= 11 is 0. The van der Waals surface area contributed by atoms with Gasteiger partial charge in [0, 0.05) is 6.54 Å². The zero-order chi connectivity index (χ0) is 10.4. The van der Waals surface area contributed by atoms with Gasteiger partial charge in [-0.05, 0) is 6.92 Å². The normalized spacial score (nSPS) is 22.6. The average molecular weight is 192 g/mol. The van der Waals surface area contributed by atoms with Gasteiger partial charge in [0.25, 0.3) is 0 Å². The molecule has 1 fully saturated rings. The van der Waals surface area contributed by atoms with Crippen LogP contribution in [0.4, 0.5) is 0 Å². The molecule has 0 spiro atoms. The van der Waals surface area contributed by atoms with E-state index in [9.17, 15) is 0 Å². The summed E-state index contributed by atoms with van der Waals surface area (Å²) in [5, 5.41) is 17.1. The molecule has 0 saturated carbocycles. The number of morpholine rings is 1. The third-order valence-corrected chi connectivity index (χ3v) is 2.12. The summed E-state index contributed by atoms with van der Waals surface area (Å²) in [6, 6.07) is 2.19. The Morgan fingerprint density at radius 2 is 2.43 bits per heavy atom. The Bertz CT molecular complexity index is 299. The largest absolute Gasteiger partial charge is 0.377 e. The maximum Gasteiger partial charge on any atom is 0.207 e. The van der Waals surface area contributed by atoms with Crippen molar-refractivity contribution < 1.29 is 4.74 Å². The van der Waals surface area contributed by atoms with E-state index in [2.05, 4.69) is 4.99 Å². The lowest BCUT2D eigenvalue weighted by Gasteiger charge is -2.34. The molecule has 1 unspecified atom stereocenters. The lowest BCUT2D eigenvalue weighted by Crippen LogP contribution is -2.47. The zero-order valence-corrected chi connectivity index (χ0v) is 8.10. The Morgan fingerprint density at radius 3 is 3.00 bits per heavy atom. The zero-order valence-electron chi connectivity index (χ0n) is 8.10. The van der Waals surface area contributed by atoms with Crippen molar-refractivity contribution in [1.82, 2.24) is 4.90 Å². The highest BCUT2D eigenvalue weighted by atomic mass is 16.5. The van der Waals surface area contributed by atoms with Crippen molar-refractivity contribution in [3.05, 3.63) is 0 Å². The maximum absolute atomic E-state index is 8.58. The van der Waals surface area contributed by atoms with Crippen LogP contribution in [0.1, 0.15) is 13.3 Å². The van der Waals surface area contributed by atoms with E-state index < -0.39 is 0 Å².